The first-order valence-corrected chi connectivity index (χ1v) is 4.32. The molecule has 3 nitrogen and oxygen atoms in total. The van der Waals surface area contributed by atoms with Crippen LogP contribution >= 0.6 is 0 Å². The zero-order valence-electron chi connectivity index (χ0n) is 8.17. The minimum absolute atomic E-state index is 0.0151. The molecule has 82 valence electrons. The third-order valence-corrected chi connectivity index (χ3v) is 1.96. The van der Waals surface area contributed by atoms with Crippen LogP contribution in [0.1, 0.15) is 5.56 Å². The van der Waals surface area contributed by atoms with Crippen molar-refractivity contribution in [3.63, 3.8) is 0 Å². The van der Waals surface area contributed by atoms with Gasteiger partial charge in [0.25, 0.3) is 0 Å². The molecule has 0 aromatic heterocycles. The van der Waals surface area contributed by atoms with Gasteiger partial charge in [-0.3, -0.25) is 4.79 Å². The van der Waals surface area contributed by atoms with Crippen LogP contribution in [0.4, 0.5) is 8.78 Å². The van der Waals surface area contributed by atoms with E-state index in [1.54, 1.807) is 0 Å². The van der Waals surface area contributed by atoms with Gasteiger partial charge in [-0.25, -0.2) is 8.78 Å². The third kappa shape index (κ3) is 2.99. The number of methoxy groups -OCH3 is 1. The standard InChI is InChI=1S/C10H11F2NO2/c1-15-10(14)9(13)4-6-2-3-7(11)5-8(6)12/h2-3,5,9H,4,13H2,1H3. The van der Waals surface area contributed by atoms with Gasteiger partial charge in [-0.05, 0) is 11.6 Å². The van der Waals surface area contributed by atoms with Crippen LogP contribution in [0.15, 0.2) is 18.2 Å². The van der Waals surface area contributed by atoms with Crippen molar-refractivity contribution in [1.29, 1.82) is 0 Å². The largest absolute Gasteiger partial charge is 0.468 e. The first-order chi connectivity index (χ1) is 7.04. The maximum atomic E-state index is 13.1. The average molecular weight is 215 g/mol. The Morgan fingerprint density at radius 1 is 1.53 bits per heavy atom. The number of benzene rings is 1. The van der Waals surface area contributed by atoms with Crippen LogP contribution < -0.4 is 5.73 Å². The molecule has 0 aliphatic carbocycles. The molecule has 1 rings (SSSR count). The van der Waals surface area contributed by atoms with Gasteiger partial charge in [0.15, 0.2) is 0 Å². The highest BCUT2D eigenvalue weighted by Gasteiger charge is 2.16. The fourth-order valence-electron chi connectivity index (χ4n) is 1.16. The van der Waals surface area contributed by atoms with E-state index in [1.165, 1.54) is 13.2 Å². The molecule has 1 aromatic carbocycles. The minimum Gasteiger partial charge on any atom is -0.468 e. The number of nitrogens with two attached hydrogens (primary N) is 1. The van der Waals surface area contributed by atoms with Gasteiger partial charge in [0.05, 0.1) is 7.11 Å². The van der Waals surface area contributed by atoms with Crippen LogP contribution in [-0.2, 0) is 16.0 Å². The normalized spacial score (nSPS) is 12.3. The molecule has 1 unspecified atom stereocenters. The quantitative estimate of drug-likeness (QED) is 0.765. The summed E-state index contributed by atoms with van der Waals surface area (Å²) in [4.78, 5) is 11.0. The van der Waals surface area contributed by atoms with Crippen LogP contribution in [0.3, 0.4) is 0 Å². The first kappa shape index (κ1) is 11.6. The van der Waals surface area contributed by atoms with Crippen molar-refractivity contribution in [2.24, 2.45) is 5.73 Å². The number of halogens is 2. The first-order valence-electron chi connectivity index (χ1n) is 4.32. The second-order valence-corrected chi connectivity index (χ2v) is 3.07. The van der Waals surface area contributed by atoms with Gasteiger partial charge in [-0.1, -0.05) is 6.07 Å². The Hall–Kier alpha value is -1.49. The highest BCUT2D eigenvalue weighted by atomic mass is 19.1. The molecule has 15 heavy (non-hydrogen) atoms. The monoisotopic (exact) mass is 215 g/mol. The predicted octanol–water partition coefficient (Wildman–Crippen LogP) is 1.01. The van der Waals surface area contributed by atoms with E-state index in [1.807, 2.05) is 0 Å². The summed E-state index contributed by atoms with van der Waals surface area (Å²) < 4.78 is 30.1. The molecule has 0 fully saturated rings. The maximum absolute atomic E-state index is 13.1. The lowest BCUT2D eigenvalue weighted by atomic mass is 10.1. The van der Waals surface area contributed by atoms with E-state index in [2.05, 4.69) is 4.74 Å². The Bertz CT molecular complexity index is 368. The Balaban J connectivity index is 2.76. The van der Waals surface area contributed by atoms with Crippen molar-refractivity contribution in [3.8, 4) is 0 Å². The molecule has 0 saturated carbocycles. The van der Waals surface area contributed by atoms with E-state index in [4.69, 9.17) is 5.73 Å². The van der Waals surface area contributed by atoms with E-state index in [-0.39, 0.29) is 12.0 Å². The number of esters is 1. The summed E-state index contributed by atoms with van der Waals surface area (Å²) >= 11 is 0. The van der Waals surface area contributed by atoms with Crippen molar-refractivity contribution in [2.75, 3.05) is 7.11 Å². The highest BCUT2D eigenvalue weighted by Crippen LogP contribution is 2.11. The van der Waals surface area contributed by atoms with E-state index in [9.17, 15) is 13.6 Å². The molecule has 1 aromatic rings. The average Bonchev–Trinajstić information content (AvgIpc) is 2.20. The maximum Gasteiger partial charge on any atom is 0.322 e. The predicted molar refractivity (Wildman–Crippen MR) is 50.1 cm³/mol. The van der Waals surface area contributed by atoms with E-state index >= 15 is 0 Å². The van der Waals surface area contributed by atoms with E-state index in [0.29, 0.717) is 0 Å². The molecular formula is C10H11F2NO2. The molecule has 5 heteroatoms. The Labute approximate surface area is 85.8 Å². The molecule has 1 atom stereocenters. The second kappa shape index (κ2) is 4.84. The molecular weight excluding hydrogens is 204 g/mol. The molecule has 0 saturated heterocycles. The van der Waals surface area contributed by atoms with Gasteiger partial charge in [-0.15, -0.1) is 0 Å². The van der Waals surface area contributed by atoms with Gasteiger partial charge >= 0.3 is 5.97 Å². The van der Waals surface area contributed by atoms with Crippen LogP contribution in [0.2, 0.25) is 0 Å². The van der Waals surface area contributed by atoms with Gasteiger partial charge in [0.1, 0.15) is 17.7 Å². The number of rotatable bonds is 3. The van der Waals surface area contributed by atoms with E-state index in [0.717, 1.165) is 12.1 Å². The second-order valence-electron chi connectivity index (χ2n) is 3.07. The molecule has 2 N–H and O–H groups in total. The Morgan fingerprint density at radius 2 is 2.20 bits per heavy atom. The number of ether oxygens (including phenoxy) is 1. The number of hydrogen-bond donors (Lipinski definition) is 1. The fourth-order valence-corrected chi connectivity index (χ4v) is 1.16. The molecule has 0 amide bonds. The molecule has 0 aliphatic heterocycles. The summed E-state index contributed by atoms with van der Waals surface area (Å²) in [6, 6.07) is 2.19. The Kier molecular flexibility index (Phi) is 3.74. The molecule has 0 spiro atoms. The summed E-state index contributed by atoms with van der Waals surface area (Å²) in [6.07, 6.45) is -0.0151. The molecule has 0 bridgehead atoms. The van der Waals surface area contributed by atoms with Crippen molar-refractivity contribution < 1.29 is 18.3 Å². The lowest BCUT2D eigenvalue weighted by Gasteiger charge is -2.09. The highest BCUT2D eigenvalue weighted by molar-refractivity contribution is 5.75. The van der Waals surface area contributed by atoms with Crippen molar-refractivity contribution in [3.05, 3.63) is 35.4 Å². The summed E-state index contributed by atoms with van der Waals surface area (Å²) in [6.45, 7) is 0. The zero-order chi connectivity index (χ0) is 11.4. The zero-order valence-corrected chi connectivity index (χ0v) is 8.17. The van der Waals surface area contributed by atoms with Crippen LogP contribution in [-0.4, -0.2) is 19.1 Å². The Morgan fingerprint density at radius 3 is 2.73 bits per heavy atom. The topological polar surface area (TPSA) is 52.3 Å². The third-order valence-electron chi connectivity index (χ3n) is 1.96. The van der Waals surface area contributed by atoms with Gasteiger partial charge in [0, 0.05) is 12.5 Å². The van der Waals surface area contributed by atoms with E-state index < -0.39 is 23.6 Å². The smallest absolute Gasteiger partial charge is 0.322 e. The van der Waals surface area contributed by atoms with Crippen LogP contribution in [0.5, 0.6) is 0 Å². The van der Waals surface area contributed by atoms with Crippen molar-refractivity contribution in [2.45, 2.75) is 12.5 Å². The number of carbonyl (C=O) groups is 1. The van der Waals surface area contributed by atoms with Gasteiger partial charge < -0.3 is 10.5 Å². The number of hydrogen-bond acceptors (Lipinski definition) is 3. The van der Waals surface area contributed by atoms with Crippen LogP contribution in [0, 0.1) is 11.6 Å². The molecule has 0 radical (unpaired) electrons. The van der Waals surface area contributed by atoms with Crippen molar-refractivity contribution in [1.82, 2.24) is 0 Å². The lowest BCUT2D eigenvalue weighted by Crippen LogP contribution is -2.33. The van der Waals surface area contributed by atoms with Gasteiger partial charge in [-0.2, -0.15) is 0 Å². The minimum atomic E-state index is -0.935. The van der Waals surface area contributed by atoms with Crippen LogP contribution in [0.25, 0.3) is 0 Å². The molecule has 0 aliphatic rings. The lowest BCUT2D eigenvalue weighted by molar-refractivity contribution is -0.142. The summed E-state index contributed by atoms with van der Waals surface area (Å²) in [5, 5.41) is 0. The van der Waals surface area contributed by atoms with Crippen molar-refractivity contribution >= 4 is 5.97 Å². The molecule has 0 heterocycles. The van der Waals surface area contributed by atoms with Gasteiger partial charge in [0.2, 0.25) is 0 Å². The number of carbonyl (C=O) groups excluding carboxylic acids is 1. The SMILES string of the molecule is COC(=O)C(N)Cc1ccc(F)cc1F. The fraction of sp³-hybridized carbons (Fsp3) is 0.300. The summed E-state index contributed by atoms with van der Waals surface area (Å²) in [7, 11) is 1.20. The summed E-state index contributed by atoms with van der Waals surface area (Å²) in [5.74, 6) is -2.00. The summed E-state index contributed by atoms with van der Waals surface area (Å²) in [5.41, 5.74) is 5.62.